The van der Waals surface area contributed by atoms with Crippen LogP contribution in [0, 0.1) is 11.3 Å². The molecule has 8 aromatic rings. The number of hydrogen-bond donors (Lipinski definition) is 0. The maximum atomic E-state index is 9.25. The topological polar surface area (TPSA) is 50.1 Å². The highest BCUT2D eigenvalue weighted by molar-refractivity contribution is 6.19. The van der Waals surface area contributed by atoms with Crippen LogP contribution in [-0.4, -0.2) is 0 Å². The van der Waals surface area contributed by atoms with E-state index < -0.39 is 0 Å². The van der Waals surface area contributed by atoms with Gasteiger partial charge in [-0.2, -0.15) is 5.26 Å². The maximum Gasteiger partial charge on any atom is 0.178 e. The lowest BCUT2D eigenvalue weighted by molar-refractivity contribution is 0.633. The van der Waals surface area contributed by atoms with Gasteiger partial charge in [0.25, 0.3) is 0 Å². The van der Waals surface area contributed by atoms with Crippen molar-refractivity contribution < 1.29 is 8.83 Å². The summed E-state index contributed by atoms with van der Waals surface area (Å²) in [6, 6.07) is 41.7. The van der Waals surface area contributed by atoms with E-state index in [2.05, 4.69) is 78.9 Å². The molecule has 0 unspecified atom stereocenters. The number of furan rings is 2. The Morgan fingerprint density at radius 3 is 1.79 bits per heavy atom. The summed E-state index contributed by atoms with van der Waals surface area (Å²) in [5, 5.41) is 15.9. The minimum atomic E-state index is 0.668. The smallest absolute Gasteiger partial charge is 0.178 e. The molecule has 6 aromatic carbocycles. The number of nitrogens with zero attached hydrogens (tertiary/aromatic N) is 1. The minimum Gasteiger partial charge on any atom is -0.452 e. The molecule has 176 valence electrons. The highest BCUT2D eigenvalue weighted by atomic mass is 16.4. The first-order chi connectivity index (χ1) is 18.7. The van der Waals surface area contributed by atoms with E-state index in [1.54, 1.807) is 0 Å². The third-order valence-electron chi connectivity index (χ3n) is 7.48. The van der Waals surface area contributed by atoms with E-state index in [0.29, 0.717) is 5.56 Å². The molecule has 0 aliphatic rings. The predicted molar refractivity (Wildman–Crippen MR) is 154 cm³/mol. The molecule has 8 rings (SSSR count). The zero-order valence-electron chi connectivity index (χ0n) is 20.2. The largest absolute Gasteiger partial charge is 0.452 e. The van der Waals surface area contributed by atoms with Gasteiger partial charge in [-0.1, -0.05) is 60.7 Å². The fraction of sp³-hybridized carbons (Fsp3) is 0. The first-order valence-corrected chi connectivity index (χ1v) is 12.6. The Hall–Kier alpha value is -5.33. The zero-order chi connectivity index (χ0) is 25.2. The van der Waals surface area contributed by atoms with Gasteiger partial charge in [0, 0.05) is 21.5 Å². The molecule has 0 saturated carbocycles. The molecule has 0 amide bonds. The Kier molecular flexibility index (Phi) is 4.29. The normalized spacial score (nSPS) is 11.7. The third-order valence-corrected chi connectivity index (χ3v) is 7.48. The Morgan fingerprint density at radius 2 is 1.05 bits per heavy atom. The lowest BCUT2D eigenvalue weighted by Gasteiger charge is -2.08. The van der Waals surface area contributed by atoms with Gasteiger partial charge in [0.2, 0.25) is 0 Å². The number of para-hydroxylation sites is 1. The summed E-state index contributed by atoms with van der Waals surface area (Å²) in [4.78, 5) is 0. The highest BCUT2D eigenvalue weighted by Gasteiger charge is 2.16. The number of hydrogen-bond acceptors (Lipinski definition) is 3. The molecule has 0 atom stereocenters. The molecule has 0 radical (unpaired) electrons. The number of nitriles is 1. The van der Waals surface area contributed by atoms with Crippen LogP contribution in [0.5, 0.6) is 0 Å². The van der Waals surface area contributed by atoms with Gasteiger partial charge in [0.1, 0.15) is 11.2 Å². The summed E-state index contributed by atoms with van der Waals surface area (Å²) in [5.74, 6) is 0. The van der Waals surface area contributed by atoms with Crippen molar-refractivity contribution in [3.8, 4) is 28.3 Å². The molecule has 0 aliphatic carbocycles. The monoisotopic (exact) mass is 485 g/mol. The molecule has 2 heterocycles. The average molecular weight is 486 g/mol. The number of fused-ring (bicyclic) bond motifs is 8. The van der Waals surface area contributed by atoms with Crippen molar-refractivity contribution in [1.82, 2.24) is 0 Å². The Labute approximate surface area is 217 Å². The van der Waals surface area contributed by atoms with Crippen LogP contribution in [0.15, 0.2) is 124 Å². The Bertz CT molecular complexity index is 2260. The molecule has 3 heteroatoms. The van der Waals surface area contributed by atoms with Crippen LogP contribution < -0.4 is 0 Å². The molecule has 0 fully saturated rings. The van der Waals surface area contributed by atoms with Crippen molar-refractivity contribution in [2.24, 2.45) is 0 Å². The first kappa shape index (κ1) is 20.8. The second-order valence-corrected chi connectivity index (χ2v) is 9.70. The van der Waals surface area contributed by atoms with Gasteiger partial charge in [-0.15, -0.1) is 0 Å². The Morgan fingerprint density at radius 1 is 0.447 bits per heavy atom. The number of rotatable bonds is 2. The van der Waals surface area contributed by atoms with Gasteiger partial charge in [-0.05, 0) is 87.6 Å². The van der Waals surface area contributed by atoms with Crippen LogP contribution in [0.3, 0.4) is 0 Å². The van der Waals surface area contributed by atoms with Crippen LogP contribution in [0.2, 0.25) is 0 Å². The standard InChI is InChI=1S/C35H19NO2/c36-20-21-4-3-5-22(16-21)23-8-9-25-18-26(11-10-24(25)17-23)27-12-15-33-31(19-27)30-14-13-29-28-6-1-2-7-32(28)37-34(29)35(30)38-33/h1-19H. The van der Waals surface area contributed by atoms with Crippen LogP contribution in [0.25, 0.3) is 76.9 Å². The van der Waals surface area contributed by atoms with Gasteiger partial charge in [-0.25, -0.2) is 0 Å². The van der Waals surface area contributed by atoms with Gasteiger partial charge in [-0.3, -0.25) is 0 Å². The van der Waals surface area contributed by atoms with E-state index >= 15 is 0 Å². The minimum absolute atomic E-state index is 0.668. The fourth-order valence-corrected chi connectivity index (χ4v) is 5.57. The summed E-state index contributed by atoms with van der Waals surface area (Å²) in [6.07, 6.45) is 0. The fourth-order valence-electron chi connectivity index (χ4n) is 5.57. The van der Waals surface area contributed by atoms with Crippen LogP contribution in [-0.2, 0) is 0 Å². The lowest BCUT2D eigenvalue weighted by Crippen LogP contribution is -1.83. The average Bonchev–Trinajstić information content (AvgIpc) is 3.55. The van der Waals surface area contributed by atoms with Crippen LogP contribution in [0.1, 0.15) is 5.56 Å². The maximum absolute atomic E-state index is 9.25. The molecule has 2 aromatic heterocycles. The van der Waals surface area contributed by atoms with E-state index in [9.17, 15) is 5.26 Å². The highest BCUT2D eigenvalue weighted by Crippen LogP contribution is 2.40. The SMILES string of the molecule is N#Cc1cccc(-c2ccc3cc(-c4ccc5oc6c(ccc7c8ccccc8oc76)c5c4)ccc3c2)c1. The Balaban J connectivity index is 1.24. The first-order valence-electron chi connectivity index (χ1n) is 12.6. The summed E-state index contributed by atoms with van der Waals surface area (Å²) < 4.78 is 12.5. The van der Waals surface area contributed by atoms with E-state index in [1.807, 2.05) is 42.5 Å². The quantitative estimate of drug-likeness (QED) is 0.245. The van der Waals surface area contributed by atoms with Crippen molar-refractivity contribution in [3.63, 3.8) is 0 Å². The van der Waals surface area contributed by atoms with Gasteiger partial charge >= 0.3 is 0 Å². The molecule has 0 aliphatic heterocycles. The molecular weight excluding hydrogens is 466 g/mol. The molecule has 0 bridgehead atoms. The molecule has 0 spiro atoms. The van der Waals surface area contributed by atoms with Gasteiger partial charge in [0.15, 0.2) is 11.2 Å². The summed E-state index contributed by atoms with van der Waals surface area (Å²) in [5.41, 5.74) is 8.41. The molecular formula is C35H19NO2. The summed E-state index contributed by atoms with van der Waals surface area (Å²) in [6.45, 7) is 0. The predicted octanol–water partition coefficient (Wildman–Crippen LogP) is 9.84. The zero-order valence-corrected chi connectivity index (χ0v) is 20.2. The van der Waals surface area contributed by atoms with E-state index in [1.165, 1.54) is 5.39 Å². The van der Waals surface area contributed by atoms with Crippen molar-refractivity contribution in [3.05, 3.63) is 121 Å². The van der Waals surface area contributed by atoms with Crippen molar-refractivity contribution >= 4 is 54.6 Å². The van der Waals surface area contributed by atoms with Crippen LogP contribution in [0.4, 0.5) is 0 Å². The number of benzene rings is 6. The van der Waals surface area contributed by atoms with E-state index in [-0.39, 0.29) is 0 Å². The van der Waals surface area contributed by atoms with Crippen molar-refractivity contribution in [2.45, 2.75) is 0 Å². The van der Waals surface area contributed by atoms with Gasteiger partial charge < -0.3 is 8.83 Å². The van der Waals surface area contributed by atoms with Crippen molar-refractivity contribution in [2.75, 3.05) is 0 Å². The van der Waals surface area contributed by atoms with Gasteiger partial charge in [0.05, 0.1) is 11.6 Å². The molecule has 38 heavy (non-hydrogen) atoms. The van der Waals surface area contributed by atoms with Crippen LogP contribution >= 0.6 is 0 Å². The van der Waals surface area contributed by atoms with Crippen molar-refractivity contribution in [1.29, 1.82) is 5.26 Å². The lowest BCUT2D eigenvalue weighted by atomic mass is 9.96. The second kappa shape index (κ2) is 7.83. The van der Waals surface area contributed by atoms with E-state index in [4.69, 9.17) is 8.83 Å². The summed E-state index contributed by atoms with van der Waals surface area (Å²) >= 11 is 0. The molecule has 0 N–H and O–H groups in total. The third kappa shape index (κ3) is 3.08. The molecule has 0 saturated heterocycles. The second-order valence-electron chi connectivity index (χ2n) is 9.70. The summed E-state index contributed by atoms with van der Waals surface area (Å²) in [7, 11) is 0. The van der Waals surface area contributed by atoms with E-state index in [0.717, 1.165) is 71.5 Å². The molecule has 3 nitrogen and oxygen atoms in total.